The van der Waals surface area contributed by atoms with Gasteiger partial charge in [0.25, 0.3) is 11.5 Å². The van der Waals surface area contributed by atoms with Crippen LogP contribution in [0, 0.1) is 6.92 Å². The number of rotatable bonds is 6. The highest BCUT2D eigenvalue weighted by Gasteiger charge is 2.25. The van der Waals surface area contributed by atoms with Crippen LogP contribution in [0.15, 0.2) is 40.9 Å². The molecule has 2 amide bonds. The summed E-state index contributed by atoms with van der Waals surface area (Å²) in [5.74, 6) is 0.738. The number of aromatic nitrogens is 2. The molecule has 8 nitrogen and oxygen atoms in total. The van der Waals surface area contributed by atoms with E-state index < -0.39 is 12.0 Å². The third-order valence-electron chi connectivity index (χ3n) is 3.94. The molecule has 0 bridgehead atoms. The summed E-state index contributed by atoms with van der Waals surface area (Å²) >= 11 is 0. The number of alkyl carbamates (subject to hydrolysis) is 1. The van der Waals surface area contributed by atoms with Crippen molar-refractivity contribution in [3.8, 4) is 5.75 Å². The minimum absolute atomic E-state index is 0.0491. The van der Waals surface area contributed by atoms with Crippen LogP contribution in [-0.4, -0.2) is 28.2 Å². The molecule has 2 aromatic rings. The number of hydrogen-bond donors (Lipinski definition) is 1. The molecule has 27 heavy (non-hydrogen) atoms. The summed E-state index contributed by atoms with van der Waals surface area (Å²) in [4.78, 5) is 38.9. The number of amides is 2. The number of ether oxygens (including phenoxy) is 2. The highest BCUT2D eigenvalue weighted by Crippen LogP contribution is 2.17. The fourth-order valence-electron chi connectivity index (χ4n) is 2.68. The number of nitrogens with one attached hydrogen (secondary N) is 1. The number of nitrogens with zero attached hydrogens (tertiary/aromatic N) is 2. The average Bonchev–Trinajstić information content (AvgIpc) is 2.95. The molecule has 1 N–H and O–H groups in total. The Morgan fingerprint density at radius 2 is 1.96 bits per heavy atom. The van der Waals surface area contributed by atoms with Crippen molar-refractivity contribution in [1.29, 1.82) is 0 Å². The molecule has 1 fully saturated rings. The van der Waals surface area contributed by atoms with Crippen LogP contribution >= 0.6 is 0 Å². The third kappa shape index (κ3) is 4.41. The minimum atomic E-state index is -0.779. The van der Waals surface area contributed by atoms with E-state index in [0.29, 0.717) is 36.6 Å². The van der Waals surface area contributed by atoms with Gasteiger partial charge < -0.3 is 9.47 Å². The first-order valence-corrected chi connectivity index (χ1v) is 8.51. The zero-order valence-electron chi connectivity index (χ0n) is 15.0. The summed E-state index contributed by atoms with van der Waals surface area (Å²) in [6, 6.07) is 8.45. The van der Waals surface area contributed by atoms with Gasteiger partial charge in [0.05, 0.1) is 6.54 Å². The minimum Gasteiger partial charge on any atom is -0.492 e. The standard InChI is InChI=1S/C19H19N3O5/c1-3-16-20-12(2)10-17(23)22(16)8-9-26-14-6-4-13(5-7-14)11-15-18(24)21-19(25)27-15/h4-7,10-11H,3,8-9H2,1-2H3,(H,21,24,25)/b15-11+. The Hall–Kier alpha value is -3.42. The average molecular weight is 369 g/mol. The first-order valence-electron chi connectivity index (χ1n) is 8.51. The van der Waals surface area contributed by atoms with Gasteiger partial charge in [0.1, 0.15) is 18.2 Å². The van der Waals surface area contributed by atoms with E-state index in [1.54, 1.807) is 35.8 Å². The number of cyclic esters (lactones) is 1. The molecular weight excluding hydrogens is 350 g/mol. The Kier molecular flexibility index (Phi) is 5.35. The summed E-state index contributed by atoms with van der Waals surface area (Å²) in [7, 11) is 0. The van der Waals surface area contributed by atoms with Gasteiger partial charge in [-0.15, -0.1) is 0 Å². The van der Waals surface area contributed by atoms with Crippen LogP contribution in [0.25, 0.3) is 6.08 Å². The van der Waals surface area contributed by atoms with E-state index in [0.717, 1.165) is 5.82 Å². The maximum Gasteiger partial charge on any atom is 0.419 e. The Morgan fingerprint density at radius 1 is 1.22 bits per heavy atom. The molecule has 1 aliphatic heterocycles. The van der Waals surface area contributed by atoms with Crippen molar-refractivity contribution < 1.29 is 19.1 Å². The lowest BCUT2D eigenvalue weighted by Crippen LogP contribution is -2.27. The monoisotopic (exact) mass is 369 g/mol. The smallest absolute Gasteiger partial charge is 0.419 e. The van der Waals surface area contributed by atoms with Crippen LogP contribution < -0.4 is 15.6 Å². The van der Waals surface area contributed by atoms with Gasteiger partial charge in [-0.3, -0.25) is 19.5 Å². The summed E-state index contributed by atoms with van der Waals surface area (Å²) in [6.45, 7) is 4.47. The van der Waals surface area contributed by atoms with Gasteiger partial charge in [0.2, 0.25) is 0 Å². The Labute approximate surface area is 155 Å². The van der Waals surface area contributed by atoms with Gasteiger partial charge >= 0.3 is 6.09 Å². The molecule has 8 heteroatoms. The van der Waals surface area contributed by atoms with Crippen molar-refractivity contribution in [3.05, 3.63) is 63.5 Å². The van der Waals surface area contributed by atoms with Crippen molar-refractivity contribution in [3.63, 3.8) is 0 Å². The predicted octanol–water partition coefficient (Wildman–Crippen LogP) is 1.80. The van der Waals surface area contributed by atoms with Gasteiger partial charge in [-0.2, -0.15) is 0 Å². The van der Waals surface area contributed by atoms with Gasteiger partial charge in [-0.05, 0) is 30.7 Å². The van der Waals surface area contributed by atoms with Crippen molar-refractivity contribution in [1.82, 2.24) is 14.9 Å². The fourth-order valence-corrected chi connectivity index (χ4v) is 2.68. The van der Waals surface area contributed by atoms with Crippen molar-refractivity contribution in [2.24, 2.45) is 0 Å². The molecule has 0 unspecified atom stereocenters. The van der Waals surface area contributed by atoms with E-state index in [1.165, 1.54) is 12.1 Å². The van der Waals surface area contributed by atoms with Crippen LogP contribution in [-0.2, 0) is 22.5 Å². The first kappa shape index (κ1) is 18.4. The summed E-state index contributed by atoms with van der Waals surface area (Å²) < 4.78 is 12.0. The zero-order chi connectivity index (χ0) is 19.4. The number of hydrogen-bond acceptors (Lipinski definition) is 6. The summed E-state index contributed by atoms with van der Waals surface area (Å²) in [6.07, 6.45) is 1.35. The van der Waals surface area contributed by atoms with Crippen LogP contribution in [0.3, 0.4) is 0 Å². The highest BCUT2D eigenvalue weighted by molar-refractivity contribution is 6.09. The molecule has 3 rings (SSSR count). The van der Waals surface area contributed by atoms with E-state index >= 15 is 0 Å². The van der Waals surface area contributed by atoms with E-state index in [4.69, 9.17) is 9.47 Å². The SMILES string of the molecule is CCc1nc(C)cc(=O)n1CCOc1ccc(/C=C2/OC(=O)NC2=O)cc1. The maximum absolute atomic E-state index is 12.1. The van der Waals surface area contributed by atoms with Gasteiger partial charge in [0.15, 0.2) is 5.76 Å². The maximum atomic E-state index is 12.1. The molecule has 2 heterocycles. The van der Waals surface area contributed by atoms with Crippen LogP contribution in [0.5, 0.6) is 5.75 Å². The van der Waals surface area contributed by atoms with Crippen LogP contribution in [0.2, 0.25) is 0 Å². The lowest BCUT2D eigenvalue weighted by molar-refractivity contribution is -0.116. The lowest BCUT2D eigenvalue weighted by Gasteiger charge is -2.12. The second kappa shape index (κ2) is 7.86. The van der Waals surface area contributed by atoms with Crippen LogP contribution in [0.4, 0.5) is 4.79 Å². The molecule has 0 saturated carbocycles. The molecule has 1 aromatic carbocycles. The zero-order valence-corrected chi connectivity index (χ0v) is 15.0. The van der Waals surface area contributed by atoms with Gasteiger partial charge in [0, 0.05) is 18.2 Å². The number of benzene rings is 1. The van der Waals surface area contributed by atoms with Crippen LogP contribution in [0.1, 0.15) is 24.0 Å². The lowest BCUT2D eigenvalue weighted by atomic mass is 10.2. The molecule has 0 aliphatic carbocycles. The van der Waals surface area contributed by atoms with E-state index in [9.17, 15) is 14.4 Å². The van der Waals surface area contributed by atoms with Gasteiger partial charge in [-0.1, -0.05) is 19.1 Å². The van der Waals surface area contributed by atoms with Gasteiger partial charge in [-0.25, -0.2) is 9.78 Å². The summed E-state index contributed by atoms with van der Waals surface area (Å²) in [5, 5.41) is 2.03. The third-order valence-corrected chi connectivity index (χ3v) is 3.94. The highest BCUT2D eigenvalue weighted by atomic mass is 16.6. The molecule has 1 saturated heterocycles. The van der Waals surface area contributed by atoms with Crippen molar-refractivity contribution in [2.75, 3.05) is 6.61 Å². The number of carbonyl (C=O) groups is 2. The second-order valence-corrected chi connectivity index (χ2v) is 5.93. The summed E-state index contributed by atoms with van der Waals surface area (Å²) in [5.41, 5.74) is 1.31. The van der Waals surface area contributed by atoms with Crippen molar-refractivity contribution in [2.45, 2.75) is 26.8 Å². The second-order valence-electron chi connectivity index (χ2n) is 5.93. The molecular formula is C19H19N3O5. The molecule has 0 radical (unpaired) electrons. The first-order chi connectivity index (χ1) is 13.0. The van der Waals surface area contributed by atoms with E-state index in [-0.39, 0.29) is 11.3 Å². The molecule has 0 spiro atoms. The van der Waals surface area contributed by atoms with Crippen molar-refractivity contribution >= 4 is 18.1 Å². The number of imide groups is 1. The molecule has 0 atom stereocenters. The molecule has 1 aliphatic rings. The number of carbonyl (C=O) groups excluding carboxylic acids is 2. The normalized spacial score (nSPS) is 15.0. The number of aryl methyl sites for hydroxylation is 2. The topological polar surface area (TPSA) is 99.5 Å². The fraction of sp³-hybridized carbons (Fsp3) is 0.263. The Bertz CT molecular complexity index is 960. The van der Waals surface area contributed by atoms with E-state index in [2.05, 4.69) is 4.98 Å². The predicted molar refractivity (Wildman–Crippen MR) is 97.1 cm³/mol. The largest absolute Gasteiger partial charge is 0.492 e. The molecule has 140 valence electrons. The Morgan fingerprint density at radius 3 is 2.59 bits per heavy atom. The molecule has 1 aromatic heterocycles. The Balaban J connectivity index is 1.62. The van der Waals surface area contributed by atoms with E-state index in [1.807, 2.05) is 12.2 Å². The quantitative estimate of drug-likeness (QED) is 0.780.